The van der Waals surface area contributed by atoms with Crippen LogP contribution >= 0.6 is 0 Å². The molecule has 5 nitrogen and oxygen atoms in total. The van der Waals surface area contributed by atoms with E-state index in [0.717, 1.165) is 27.7 Å². The number of Topliss-reactive ketones (excluding diaryl/α,β-unsaturated/α-hetero) is 1. The summed E-state index contributed by atoms with van der Waals surface area (Å²) in [5.41, 5.74) is 2.92. The Balaban J connectivity index is 1.71. The van der Waals surface area contributed by atoms with E-state index in [9.17, 15) is 10.1 Å². The van der Waals surface area contributed by atoms with Crippen molar-refractivity contribution in [2.24, 2.45) is 11.3 Å². The van der Waals surface area contributed by atoms with Gasteiger partial charge in [0.25, 0.3) is 0 Å². The highest BCUT2D eigenvalue weighted by Crippen LogP contribution is 2.55. The number of pyridine rings is 1. The minimum absolute atomic E-state index is 0.0671. The number of benzene rings is 2. The first-order valence-corrected chi connectivity index (χ1v) is 12.4. The Morgan fingerprint density at radius 2 is 1.76 bits per heavy atom. The van der Waals surface area contributed by atoms with Gasteiger partial charge in [0, 0.05) is 39.1 Å². The zero-order valence-electron chi connectivity index (χ0n) is 20.9. The van der Waals surface area contributed by atoms with Gasteiger partial charge in [-0.15, -0.1) is 0 Å². The molecule has 0 bridgehead atoms. The topological polar surface area (TPSA) is 79.5 Å². The molecule has 2 aromatic heterocycles. The van der Waals surface area contributed by atoms with E-state index in [1.807, 2.05) is 51.1 Å². The first kappa shape index (κ1) is 23.2. The Kier molecular flexibility index (Phi) is 5.10. The third-order valence-electron chi connectivity index (χ3n) is 8.21. The van der Waals surface area contributed by atoms with Crippen molar-refractivity contribution < 1.29 is 9.18 Å². The molecule has 182 valence electrons. The maximum absolute atomic E-state index is 15.2. The summed E-state index contributed by atoms with van der Waals surface area (Å²) in [7, 11) is 0. The first-order chi connectivity index (χ1) is 17.8. The Morgan fingerprint density at radius 1 is 1.00 bits per heavy atom. The van der Waals surface area contributed by atoms with Gasteiger partial charge in [0.2, 0.25) is 0 Å². The maximum atomic E-state index is 15.2. The van der Waals surface area contributed by atoms with Crippen LogP contribution < -0.4 is 0 Å². The number of hydrogen-bond donors (Lipinski definition) is 0. The Morgan fingerprint density at radius 3 is 2.54 bits per heavy atom. The molecule has 0 fully saturated rings. The minimum Gasteiger partial charge on any atom is -0.293 e. The highest BCUT2D eigenvalue weighted by atomic mass is 19.1. The lowest BCUT2D eigenvalue weighted by atomic mass is 9.52. The first-order valence-electron chi connectivity index (χ1n) is 12.4. The monoisotopic (exact) mass is 488 g/mol. The maximum Gasteiger partial charge on any atom is 0.178 e. The minimum atomic E-state index is -0.737. The molecule has 0 aliphatic heterocycles. The molecular formula is C31H25FN4O. The number of rotatable bonds is 2. The standard InChI is InChI=1S/C31H25FN4O/c1-30(2)25-13-12-22-26(21-9-4-6-10-23(21)32)35-29(20-14-15-34-24-11-7-5-8-19(20)24)36-27(22)31(25,3)16-18(17-33)28(30)37/h4-11,14-16,25H,12-13H2,1-3H3/t25-,31-/m1/s1. The van der Waals surface area contributed by atoms with E-state index in [4.69, 9.17) is 9.97 Å². The molecule has 0 N–H and O–H groups in total. The number of carbonyl (C=O) groups is 1. The van der Waals surface area contributed by atoms with Crippen molar-refractivity contribution in [1.29, 1.82) is 5.26 Å². The largest absolute Gasteiger partial charge is 0.293 e. The molecule has 2 heterocycles. The molecule has 0 unspecified atom stereocenters. The van der Waals surface area contributed by atoms with Crippen LogP contribution in [0, 0.1) is 28.5 Å². The molecule has 2 aliphatic rings. The van der Waals surface area contributed by atoms with E-state index in [1.165, 1.54) is 6.07 Å². The number of allylic oxidation sites excluding steroid dienone is 2. The van der Waals surface area contributed by atoms with Crippen molar-refractivity contribution in [1.82, 2.24) is 15.0 Å². The highest BCUT2D eigenvalue weighted by molar-refractivity contribution is 6.04. The summed E-state index contributed by atoms with van der Waals surface area (Å²) in [6, 6.07) is 18.4. The van der Waals surface area contributed by atoms with E-state index in [-0.39, 0.29) is 23.1 Å². The predicted octanol–water partition coefficient (Wildman–Crippen LogP) is 6.38. The zero-order valence-corrected chi connectivity index (χ0v) is 20.9. The predicted molar refractivity (Wildman–Crippen MR) is 140 cm³/mol. The summed E-state index contributed by atoms with van der Waals surface area (Å²) in [6.45, 7) is 5.89. The van der Waals surface area contributed by atoms with Gasteiger partial charge in [-0.25, -0.2) is 14.4 Å². The molecule has 0 amide bonds. The molecule has 4 aromatic rings. The molecule has 0 radical (unpaired) electrons. The molecule has 37 heavy (non-hydrogen) atoms. The summed E-state index contributed by atoms with van der Waals surface area (Å²) < 4.78 is 15.2. The molecule has 6 heteroatoms. The van der Waals surface area contributed by atoms with Gasteiger partial charge >= 0.3 is 0 Å². The van der Waals surface area contributed by atoms with Gasteiger partial charge in [0.05, 0.1) is 22.5 Å². The second-order valence-corrected chi connectivity index (χ2v) is 10.7. The lowest BCUT2D eigenvalue weighted by Gasteiger charge is -2.50. The number of para-hydroxylation sites is 1. The summed E-state index contributed by atoms with van der Waals surface area (Å²) >= 11 is 0. The van der Waals surface area contributed by atoms with Crippen LogP contribution in [-0.2, 0) is 16.6 Å². The SMILES string of the molecule is CC1(C)C(=O)C(C#N)=C[C@@]2(C)c3nc(-c4ccnc5ccccc45)nc(-c4ccccc4F)c3CC[C@H]12. The number of carbonyl (C=O) groups excluding carboxylic acids is 1. The van der Waals surface area contributed by atoms with Crippen LogP contribution in [0.5, 0.6) is 0 Å². The third-order valence-corrected chi connectivity index (χ3v) is 8.21. The van der Waals surface area contributed by atoms with Gasteiger partial charge in [-0.05, 0) is 43.0 Å². The normalized spacial score (nSPS) is 22.1. The van der Waals surface area contributed by atoms with Crippen molar-refractivity contribution in [2.75, 3.05) is 0 Å². The number of nitrogens with zero attached hydrogens (tertiary/aromatic N) is 4. The molecule has 2 atom stereocenters. The fraction of sp³-hybridized carbons (Fsp3) is 0.258. The van der Waals surface area contributed by atoms with Crippen molar-refractivity contribution in [3.63, 3.8) is 0 Å². The van der Waals surface area contributed by atoms with Crippen molar-refractivity contribution >= 4 is 16.7 Å². The van der Waals surface area contributed by atoms with E-state index in [1.54, 1.807) is 30.5 Å². The fourth-order valence-corrected chi connectivity index (χ4v) is 6.44. The molecule has 6 rings (SSSR count). The molecular weight excluding hydrogens is 463 g/mol. The van der Waals surface area contributed by atoms with Crippen LogP contribution in [0.1, 0.15) is 38.4 Å². The third kappa shape index (κ3) is 3.34. The summed E-state index contributed by atoms with van der Waals surface area (Å²) in [5, 5.41) is 10.7. The number of nitriles is 1. The van der Waals surface area contributed by atoms with Gasteiger partial charge in [-0.2, -0.15) is 5.26 Å². The Bertz CT molecular complexity index is 1680. The van der Waals surface area contributed by atoms with Crippen molar-refractivity contribution in [3.05, 3.63) is 89.5 Å². The van der Waals surface area contributed by atoms with Crippen LogP contribution in [0.2, 0.25) is 0 Å². The van der Waals surface area contributed by atoms with Gasteiger partial charge in [-0.3, -0.25) is 9.78 Å². The second-order valence-electron chi connectivity index (χ2n) is 10.7. The van der Waals surface area contributed by atoms with Crippen LogP contribution in [-0.4, -0.2) is 20.7 Å². The molecule has 2 aromatic carbocycles. The molecule has 0 saturated carbocycles. The quantitative estimate of drug-likeness (QED) is 0.327. The summed E-state index contributed by atoms with van der Waals surface area (Å²) in [5.74, 6) is -0.0834. The lowest BCUT2D eigenvalue weighted by molar-refractivity contribution is -0.128. The van der Waals surface area contributed by atoms with E-state index in [2.05, 4.69) is 11.1 Å². The zero-order chi connectivity index (χ0) is 25.9. The van der Waals surface area contributed by atoms with Crippen molar-refractivity contribution in [2.45, 2.75) is 39.0 Å². The molecule has 2 aliphatic carbocycles. The van der Waals surface area contributed by atoms with Gasteiger partial charge in [-0.1, -0.05) is 57.2 Å². The Labute approximate surface area is 214 Å². The lowest BCUT2D eigenvalue weighted by Crippen LogP contribution is -2.51. The van der Waals surface area contributed by atoms with E-state index < -0.39 is 10.8 Å². The van der Waals surface area contributed by atoms with E-state index >= 15 is 4.39 Å². The van der Waals surface area contributed by atoms with Gasteiger partial charge in [0.1, 0.15) is 11.9 Å². The number of fused-ring (bicyclic) bond motifs is 4. The van der Waals surface area contributed by atoms with Crippen LogP contribution in [0.25, 0.3) is 33.5 Å². The summed E-state index contributed by atoms with van der Waals surface area (Å²) in [4.78, 5) is 27.8. The number of halogens is 1. The summed E-state index contributed by atoms with van der Waals surface area (Å²) in [6.07, 6.45) is 4.84. The average Bonchev–Trinajstić information content (AvgIpc) is 2.90. The van der Waals surface area contributed by atoms with E-state index in [0.29, 0.717) is 29.9 Å². The number of hydrogen-bond acceptors (Lipinski definition) is 5. The number of ketones is 1. The molecule has 0 saturated heterocycles. The Hall–Kier alpha value is -4.24. The van der Waals surface area contributed by atoms with Crippen LogP contribution in [0.15, 0.2) is 72.4 Å². The van der Waals surface area contributed by atoms with Crippen molar-refractivity contribution in [3.8, 4) is 28.7 Å². The molecule has 0 spiro atoms. The number of aromatic nitrogens is 3. The fourth-order valence-electron chi connectivity index (χ4n) is 6.44. The van der Waals surface area contributed by atoms with Gasteiger partial charge in [0.15, 0.2) is 11.6 Å². The van der Waals surface area contributed by atoms with Crippen LogP contribution in [0.4, 0.5) is 4.39 Å². The smallest absolute Gasteiger partial charge is 0.178 e. The average molecular weight is 489 g/mol. The van der Waals surface area contributed by atoms with Gasteiger partial charge < -0.3 is 0 Å². The second kappa shape index (κ2) is 8.14. The highest BCUT2D eigenvalue weighted by Gasteiger charge is 2.55. The van der Waals surface area contributed by atoms with Crippen LogP contribution in [0.3, 0.4) is 0 Å².